The van der Waals surface area contributed by atoms with E-state index in [1.165, 1.54) is 11.8 Å². The second-order valence-corrected chi connectivity index (χ2v) is 7.26. The van der Waals surface area contributed by atoms with Crippen molar-refractivity contribution in [1.29, 1.82) is 0 Å². The summed E-state index contributed by atoms with van der Waals surface area (Å²) in [5.41, 5.74) is 2.99. The molecule has 1 amide bonds. The lowest BCUT2D eigenvalue weighted by molar-refractivity contribution is 0.0996. The predicted octanol–water partition coefficient (Wildman–Crippen LogP) is 4.21. The van der Waals surface area contributed by atoms with Crippen molar-refractivity contribution in [2.75, 3.05) is 18.4 Å². The number of hydrogen-bond donors (Lipinski definition) is 3. The number of furan rings is 1. The molecule has 32 heavy (non-hydrogen) atoms. The molecule has 0 saturated carbocycles. The van der Waals surface area contributed by atoms with Crippen LogP contribution in [-0.4, -0.2) is 31.1 Å². The van der Waals surface area contributed by atoms with Gasteiger partial charge in [0.05, 0.1) is 19.4 Å². The van der Waals surface area contributed by atoms with Gasteiger partial charge >= 0.3 is 0 Å². The van der Waals surface area contributed by atoms with Crippen LogP contribution in [0.3, 0.4) is 0 Å². The number of amides is 1. The van der Waals surface area contributed by atoms with Gasteiger partial charge in [0.15, 0.2) is 11.7 Å². The quantitative estimate of drug-likeness (QED) is 0.235. The maximum Gasteiger partial charge on any atom is 0.291 e. The van der Waals surface area contributed by atoms with Crippen molar-refractivity contribution in [2.45, 2.75) is 26.0 Å². The van der Waals surface area contributed by atoms with Crippen molar-refractivity contribution in [3.8, 4) is 5.75 Å². The Balaban J connectivity index is 0.00000289. The number of ether oxygens (including phenoxy) is 1. The van der Waals surface area contributed by atoms with E-state index in [0.717, 1.165) is 30.2 Å². The van der Waals surface area contributed by atoms with E-state index in [1.807, 2.05) is 49.4 Å². The van der Waals surface area contributed by atoms with E-state index in [0.29, 0.717) is 18.8 Å². The fraction of sp³-hybridized carbons (Fsp3) is 0.250. The molecule has 168 valence electrons. The minimum atomic E-state index is -0.273. The second-order valence-electron chi connectivity index (χ2n) is 7.26. The molecule has 2 aromatic carbocycles. The van der Waals surface area contributed by atoms with Gasteiger partial charge in [0.2, 0.25) is 0 Å². The van der Waals surface area contributed by atoms with E-state index < -0.39 is 0 Å². The van der Waals surface area contributed by atoms with Crippen molar-refractivity contribution >= 4 is 41.5 Å². The molecule has 1 atom stereocenters. The van der Waals surface area contributed by atoms with Gasteiger partial charge in [0, 0.05) is 18.7 Å². The monoisotopic (exact) mass is 546 g/mol. The van der Waals surface area contributed by atoms with E-state index in [-0.39, 0.29) is 41.7 Å². The topological polar surface area (TPSA) is 87.9 Å². The van der Waals surface area contributed by atoms with E-state index in [1.54, 1.807) is 12.1 Å². The van der Waals surface area contributed by atoms with Crippen LogP contribution in [-0.2, 0) is 13.0 Å². The zero-order valence-electron chi connectivity index (χ0n) is 17.8. The van der Waals surface area contributed by atoms with Crippen molar-refractivity contribution < 1.29 is 13.9 Å². The minimum absolute atomic E-state index is 0. The van der Waals surface area contributed by atoms with E-state index in [9.17, 15) is 4.79 Å². The number of fused-ring (bicyclic) bond motifs is 1. The number of benzene rings is 2. The number of anilines is 1. The van der Waals surface area contributed by atoms with Gasteiger partial charge in [-0.3, -0.25) is 4.79 Å². The number of hydrogen-bond acceptors (Lipinski definition) is 4. The van der Waals surface area contributed by atoms with Gasteiger partial charge in [0.25, 0.3) is 5.91 Å². The molecule has 0 spiro atoms. The molecule has 7 nitrogen and oxygen atoms in total. The van der Waals surface area contributed by atoms with Crippen molar-refractivity contribution in [1.82, 2.24) is 10.6 Å². The summed E-state index contributed by atoms with van der Waals surface area (Å²) in [7, 11) is 0. The van der Waals surface area contributed by atoms with Crippen molar-refractivity contribution in [2.24, 2.45) is 4.99 Å². The molecule has 1 unspecified atom stereocenters. The summed E-state index contributed by atoms with van der Waals surface area (Å²) in [6, 6.07) is 19.1. The Labute approximate surface area is 204 Å². The SMILES string of the molecule is CCNC(=NCc1ccc(NC(=O)c2ccco2)cc1)NCC1Cc2ccccc2O1.I. The van der Waals surface area contributed by atoms with Crippen LogP contribution in [0.15, 0.2) is 76.3 Å². The number of nitrogens with one attached hydrogen (secondary N) is 3. The molecule has 8 heteroatoms. The minimum Gasteiger partial charge on any atom is -0.488 e. The predicted molar refractivity (Wildman–Crippen MR) is 136 cm³/mol. The first-order valence-electron chi connectivity index (χ1n) is 10.4. The van der Waals surface area contributed by atoms with Crippen LogP contribution in [0.2, 0.25) is 0 Å². The average Bonchev–Trinajstić information content (AvgIpc) is 3.46. The number of guanidine groups is 1. The molecule has 3 N–H and O–H groups in total. The first-order valence-corrected chi connectivity index (χ1v) is 10.4. The number of rotatable bonds is 7. The Morgan fingerprint density at radius 2 is 1.88 bits per heavy atom. The molecule has 0 aliphatic carbocycles. The summed E-state index contributed by atoms with van der Waals surface area (Å²) in [5, 5.41) is 9.44. The third kappa shape index (κ3) is 6.25. The number of para-hydroxylation sites is 1. The Bertz CT molecular complexity index is 1010. The molecule has 2 heterocycles. The zero-order valence-corrected chi connectivity index (χ0v) is 20.2. The van der Waals surface area contributed by atoms with Crippen LogP contribution in [0.5, 0.6) is 5.75 Å². The Hall–Kier alpha value is -3.01. The molecule has 0 fully saturated rings. The van der Waals surface area contributed by atoms with E-state index in [4.69, 9.17) is 9.15 Å². The smallest absolute Gasteiger partial charge is 0.291 e. The lowest BCUT2D eigenvalue weighted by atomic mass is 10.1. The van der Waals surface area contributed by atoms with Gasteiger partial charge in [0.1, 0.15) is 11.9 Å². The zero-order chi connectivity index (χ0) is 21.5. The maximum atomic E-state index is 12.0. The standard InChI is InChI=1S/C24H26N4O3.HI/c1-2-25-24(27-16-20-14-18-6-3-4-7-21(18)31-20)26-15-17-9-11-19(12-10-17)28-23(29)22-8-5-13-30-22;/h3-13,20H,2,14-16H2,1H3,(H,28,29)(H2,25,26,27);1H. The normalized spacial score (nSPS) is 14.7. The highest BCUT2D eigenvalue weighted by Crippen LogP contribution is 2.27. The van der Waals surface area contributed by atoms with Gasteiger partial charge < -0.3 is 25.1 Å². The van der Waals surface area contributed by atoms with Gasteiger partial charge in [-0.05, 0) is 48.4 Å². The molecule has 0 bridgehead atoms. The summed E-state index contributed by atoms with van der Waals surface area (Å²) in [6.45, 7) is 4.01. The number of aliphatic imine (C=N–C) groups is 1. The average molecular weight is 546 g/mol. The highest BCUT2D eigenvalue weighted by Gasteiger charge is 2.22. The molecule has 0 saturated heterocycles. The third-order valence-corrected chi connectivity index (χ3v) is 4.93. The largest absolute Gasteiger partial charge is 0.488 e. The Morgan fingerprint density at radius 3 is 2.59 bits per heavy atom. The van der Waals surface area contributed by atoms with Gasteiger partial charge in [-0.25, -0.2) is 4.99 Å². The fourth-order valence-corrected chi connectivity index (χ4v) is 3.38. The molecule has 1 aliphatic rings. The van der Waals surface area contributed by atoms with Crippen molar-refractivity contribution in [3.05, 3.63) is 83.8 Å². The molecule has 0 radical (unpaired) electrons. The maximum absolute atomic E-state index is 12.0. The van der Waals surface area contributed by atoms with Gasteiger partial charge in [-0.15, -0.1) is 24.0 Å². The molecule has 3 aromatic rings. The summed E-state index contributed by atoms with van der Waals surface area (Å²) in [6.07, 6.45) is 2.47. The third-order valence-electron chi connectivity index (χ3n) is 4.93. The van der Waals surface area contributed by atoms with E-state index in [2.05, 4.69) is 27.0 Å². The van der Waals surface area contributed by atoms with Crippen LogP contribution in [0, 0.1) is 0 Å². The molecule has 1 aromatic heterocycles. The number of nitrogens with zero attached hydrogens (tertiary/aromatic N) is 1. The highest BCUT2D eigenvalue weighted by molar-refractivity contribution is 14.0. The van der Waals surface area contributed by atoms with Crippen LogP contribution in [0.25, 0.3) is 0 Å². The first kappa shape index (κ1) is 23.6. The number of carbonyl (C=O) groups excluding carboxylic acids is 1. The molecular weight excluding hydrogens is 519 g/mol. The summed E-state index contributed by atoms with van der Waals surface area (Å²) >= 11 is 0. The van der Waals surface area contributed by atoms with E-state index >= 15 is 0 Å². The number of carbonyl (C=O) groups is 1. The van der Waals surface area contributed by atoms with Crippen molar-refractivity contribution in [3.63, 3.8) is 0 Å². The summed E-state index contributed by atoms with van der Waals surface area (Å²) in [5.74, 6) is 1.72. The Kier molecular flexibility index (Phi) is 8.55. The summed E-state index contributed by atoms with van der Waals surface area (Å²) < 4.78 is 11.1. The van der Waals surface area contributed by atoms with Crippen LogP contribution in [0.4, 0.5) is 5.69 Å². The Morgan fingerprint density at radius 1 is 1.06 bits per heavy atom. The molecular formula is C24H27IN4O3. The fourth-order valence-electron chi connectivity index (χ4n) is 3.38. The summed E-state index contributed by atoms with van der Waals surface area (Å²) in [4.78, 5) is 16.7. The molecule has 4 rings (SSSR count). The highest BCUT2D eigenvalue weighted by atomic mass is 127. The number of halogens is 1. The molecule has 1 aliphatic heterocycles. The van der Waals surface area contributed by atoms with Crippen LogP contribution < -0.4 is 20.7 Å². The van der Waals surface area contributed by atoms with Gasteiger partial charge in [-0.2, -0.15) is 0 Å². The van der Waals surface area contributed by atoms with Crippen LogP contribution >= 0.6 is 24.0 Å². The second kappa shape index (κ2) is 11.6. The van der Waals surface area contributed by atoms with Crippen LogP contribution in [0.1, 0.15) is 28.6 Å². The first-order chi connectivity index (χ1) is 15.2. The lowest BCUT2D eigenvalue weighted by Gasteiger charge is -2.15. The van der Waals surface area contributed by atoms with Gasteiger partial charge in [-0.1, -0.05) is 30.3 Å². The lowest BCUT2D eigenvalue weighted by Crippen LogP contribution is -2.42.